The third-order valence-electron chi connectivity index (χ3n) is 1.86. The van der Waals surface area contributed by atoms with Crippen molar-refractivity contribution in [3.8, 4) is 0 Å². The molecule has 0 amide bonds. The van der Waals surface area contributed by atoms with Gasteiger partial charge in [0.15, 0.2) is 0 Å². The number of hydrogen-bond donors (Lipinski definition) is 0. The molecule has 0 rings (SSSR count). The molecule has 0 aliphatic carbocycles. The average molecular weight is 144 g/mol. The van der Waals surface area contributed by atoms with Gasteiger partial charge in [0, 0.05) is 13.5 Å². The molecule has 1 unspecified atom stereocenters. The fraction of sp³-hybridized carbons (Fsp3) is 0.875. The molecule has 0 fully saturated rings. The van der Waals surface area contributed by atoms with Gasteiger partial charge in [0.05, 0.1) is 5.60 Å². The molecule has 0 spiro atoms. The van der Waals surface area contributed by atoms with E-state index in [1.807, 2.05) is 13.8 Å². The monoisotopic (exact) mass is 144 g/mol. The SMILES string of the molecule is CCC(C)(CC(C)=O)OC. The van der Waals surface area contributed by atoms with E-state index in [1.165, 1.54) is 0 Å². The third kappa shape index (κ3) is 2.97. The van der Waals surface area contributed by atoms with Gasteiger partial charge in [-0.2, -0.15) is 0 Å². The maximum absolute atomic E-state index is 10.7. The Kier molecular flexibility index (Phi) is 3.58. The van der Waals surface area contributed by atoms with Crippen LogP contribution in [-0.2, 0) is 9.53 Å². The molecule has 0 saturated carbocycles. The second-order valence-corrected chi connectivity index (χ2v) is 2.89. The van der Waals surface area contributed by atoms with Gasteiger partial charge in [-0.05, 0) is 20.3 Å². The Morgan fingerprint density at radius 3 is 2.20 bits per heavy atom. The first-order valence-electron chi connectivity index (χ1n) is 3.58. The maximum atomic E-state index is 10.7. The van der Waals surface area contributed by atoms with Crippen molar-refractivity contribution in [2.45, 2.75) is 39.2 Å². The molecule has 0 aromatic heterocycles. The van der Waals surface area contributed by atoms with Crippen LogP contribution in [0.15, 0.2) is 0 Å². The van der Waals surface area contributed by atoms with E-state index in [0.29, 0.717) is 6.42 Å². The average Bonchev–Trinajstić information content (AvgIpc) is 1.87. The molecule has 60 valence electrons. The lowest BCUT2D eigenvalue weighted by Gasteiger charge is -2.24. The van der Waals surface area contributed by atoms with Crippen LogP contribution in [0, 0.1) is 0 Å². The van der Waals surface area contributed by atoms with Crippen LogP contribution in [0.4, 0.5) is 0 Å². The first-order chi connectivity index (χ1) is 4.54. The van der Waals surface area contributed by atoms with Crippen molar-refractivity contribution in [1.29, 1.82) is 0 Å². The number of ether oxygens (including phenoxy) is 1. The predicted octanol–water partition coefficient (Wildman–Crippen LogP) is 1.78. The summed E-state index contributed by atoms with van der Waals surface area (Å²) < 4.78 is 5.18. The largest absolute Gasteiger partial charge is 0.378 e. The summed E-state index contributed by atoms with van der Waals surface area (Å²) in [6.07, 6.45) is 1.39. The van der Waals surface area contributed by atoms with Gasteiger partial charge in [-0.15, -0.1) is 0 Å². The number of hydrogen-bond acceptors (Lipinski definition) is 2. The van der Waals surface area contributed by atoms with Crippen LogP contribution in [0.25, 0.3) is 0 Å². The summed E-state index contributed by atoms with van der Waals surface area (Å²) in [5.41, 5.74) is -0.244. The van der Waals surface area contributed by atoms with Crippen molar-refractivity contribution in [2.75, 3.05) is 7.11 Å². The van der Waals surface area contributed by atoms with Gasteiger partial charge in [0.1, 0.15) is 5.78 Å². The van der Waals surface area contributed by atoms with E-state index in [2.05, 4.69) is 0 Å². The molecular weight excluding hydrogens is 128 g/mol. The highest BCUT2D eigenvalue weighted by atomic mass is 16.5. The fourth-order valence-electron chi connectivity index (χ4n) is 0.868. The van der Waals surface area contributed by atoms with E-state index in [4.69, 9.17) is 4.74 Å². The molecule has 10 heavy (non-hydrogen) atoms. The van der Waals surface area contributed by atoms with E-state index < -0.39 is 0 Å². The van der Waals surface area contributed by atoms with Crippen molar-refractivity contribution >= 4 is 5.78 Å². The number of carbonyl (C=O) groups excluding carboxylic acids is 1. The summed E-state index contributed by atoms with van der Waals surface area (Å²) >= 11 is 0. The first kappa shape index (κ1) is 9.63. The highest BCUT2D eigenvalue weighted by Gasteiger charge is 2.22. The van der Waals surface area contributed by atoms with Crippen LogP contribution in [0.2, 0.25) is 0 Å². The van der Waals surface area contributed by atoms with Crippen molar-refractivity contribution in [3.63, 3.8) is 0 Å². The van der Waals surface area contributed by atoms with Gasteiger partial charge in [-0.1, -0.05) is 6.92 Å². The second-order valence-electron chi connectivity index (χ2n) is 2.89. The minimum atomic E-state index is -0.244. The van der Waals surface area contributed by atoms with E-state index in [9.17, 15) is 4.79 Å². The van der Waals surface area contributed by atoms with Crippen molar-refractivity contribution in [3.05, 3.63) is 0 Å². The molecule has 1 atom stereocenters. The van der Waals surface area contributed by atoms with Crippen LogP contribution in [-0.4, -0.2) is 18.5 Å². The second kappa shape index (κ2) is 3.71. The van der Waals surface area contributed by atoms with Crippen molar-refractivity contribution < 1.29 is 9.53 Å². The number of methoxy groups -OCH3 is 1. The molecule has 0 radical (unpaired) electrons. The quantitative estimate of drug-likeness (QED) is 0.601. The highest BCUT2D eigenvalue weighted by molar-refractivity contribution is 5.76. The summed E-state index contributed by atoms with van der Waals surface area (Å²) in [5.74, 6) is 0.186. The molecule has 2 heteroatoms. The van der Waals surface area contributed by atoms with Gasteiger partial charge >= 0.3 is 0 Å². The summed E-state index contributed by atoms with van der Waals surface area (Å²) in [7, 11) is 1.65. The Hall–Kier alpha value is -0.370. The fourth-order valence-corrected chi connectivity index (χ4v) is 0.868. The maximum Gasteiger partial charge on any atom is 0.132 e. The summed E-state index contributed by atoms with van der Waals surface area (Å²) in [4.78, 5) is 10.7. The summed E-state index contributed by atoms with van der Waals surface area (Å²) in [6.45, 7) is 5.56. The molecular formula is C8H16O2. The van der Waals surface area contributed by atoms with Crippen LogP contribution in [0.5, 0.6) is 0 Å². The Balaban J connectivity index is 3.92. The zero-order valence-electron chi connectivity index (χ0n) is 7.23. The van der Waals surface area contributed by atoms with Gasteiger partial charge in [0.25, 0.3) is 0 Å². The third-order valence-corrected chi connectivity index (χ3v) is 1.86. The molecule has 0 N–H and O–H groups in total. The minimum Gasteiger partial charge on any atom is -0.378 e. The zero-order chi connectivity index (χ0) is 8.20. The molecule has 0 aromatic carbocycles. The van der Waals surface area contributed by atoms with Crippen LogP contribution >= 0.6 is 0 Å². The lowest BCUT2D eigenvalue weighted by atomic mass is 9.97. The van der Waals surface area contributed by atoms with E-state index in [0.717, 1.165) is 6.42 Å². The van der Waals surface area contributed by atoms with Gasteiger partial charge in [-0.3, -0.25) is 4.79 Å². The van der Waals surface area contributed by atoms with Gasteiger partial charge in [-0.25, -0.2) is 0 Å². The summed E-state index contributed by atoms with van der Waals surface area (Å²) in [5, 5.41) is 0. The normalized spacial score (nSPS) is 16.4. The molecule has 0 aliphatic heterocycles. The predicted molar refractivity (Wildman–Crippen MR) is 41.0 cm³/mol. The lowest BCUT2D eigenvalue weighted by Crippen LogP contribution is -2.28. The Labute approximate surface area is 62.6 Å². The lowest BCUT2D eigenvalue weighted by molar-refractivity contribution is -0.122. The van der Waals surface area contributed by atoms with Crippen LogP contribution < -0.4 is 0 Å². The van der Waals surface area contributed by atoms with Crippen LogP contribution in [0.3, 0.4) is 0 Å². The highest BCUT2D eigenvalue weighted by Crippen LogP contribution is 2.18. The smallest absolute Gasteiger partial charge is 0.132 e. The zero-order valence-corrected chi connectivity index (χ0v) is 7.23. The topological polar surface area (TPSA) is 26.3 Å². The van der Waals surface area contributed by atoms with Crippen molar-refractivity contribution in [1.82, 2.24) is 0 Å². The van der Waals surface area contributed by atoms with Gasteiger partial charge < -0.3 is 4.74 Å². The molecule has 0 saturated heterocycles. The van der Waals surface area contributed by atoms with Crippen molar-refractivity contribution in [2.24, 2.45) is 0 Å². The first-order valence-corrected chi connectivity index (χ1v) is 3.58. The summed E-state index contributed by atoms with van der Waals surface area (Å²) in [6, 6.07) is 0. The van der Waals surface area contributed by atoms with Gasteiger partial charge in [0.2, 0.25) is 0 Å². The number of Topliss-reactive ketones (excluding diaryl/α,β-unsaturated/α-hetero) is 1. The standard InChI is InChI=1S/C8H16O2/c1-5-8(3,10-4)6-7(2)9/h5-6H2,1-4H3. The molecule has 0 bridgehead atoms. The molecule has 0 heterocycles. The number of rotatable bonds is 4. The van der Waals surface area contributed by atoms with E-state index >= 15 is 0 Å². The molecule has 2 nitrogen and oxygen atoms in total. The minimum absolute atomic E-state index is 0.186. The molecule has 0 aliphatic rings. The Morgan fingerprint density at radius 2 is 2.10 bits per heavy atom. The van der Waals surface area contributed by atoms with E-state index in [-0.39, 0.29) is 11.4 Å². The molecule has 0 aromatic rings. The van der Waals surface area contributed by atoms with E-state index in [1.54, 1.807) is 14.0 Å². The number of ketones is 1. The Morgan fingerprint density at radius 1 is 1.60 bits per heavy atom. The number of carbonyl (C=O) groups is 1. The Bertz CT molecular complexity index is 114. The van der Waals surface area contributed by atoms with Crippen LogP contribution in [0.1, 0.15) is 33.6 Å².